The van der Waals surface area contributed by atoms with Crippen LogP contribution in [0.3, 0.4) is 0 Å². The second-order valence-electron chi connectivity index (χ2n) is 5.89. The van der Waals surface area contributed by atoms with Crippen molar-refractivity contribution < 1.29 is 19.5 Å². The van der Waals surface area contributed by atoms with Crippen LogP contribution in [0.25, 0.3) is 6.08 Å². The molecule has 5 heteroatoms. The van der Waals surface area contributed by atoms with Crippen LogP contribution in [0.2, 0.25) is 0 Å². The van der Waals surface area contributed by atoms with E-state index in [1.807, 2.05) is 18.2 Å². The highest BCUT2D eigenvalue weighted by Gasteiger charge is 2.25. The molecule has 126 valence electrons. The molecule has 5 nitrogen and oxygen atoms in total. The molecule has 0 spiro atoms. The largest absolute Gasteiger partial charge is 0.478 e. The molecule has 0 radical (unpaired) electrons. The molecule has 2 aromatic rings. The molecular formula is C20H17NO4. The molecule has 2 aromatic carbocycles. The van der Waals surface area contributed by atoms with Gasteiger partial charge in [-0.05, 0) is 41.0 Å². The standard InChI is InChI=1S/C20H17NO4/c1-21-17-7-3-5-13-10-16(19(23)11-15(13)17)18(22)9-12-4-2-6-14(8-12)20(24)25/h2-8,10,21H,9,11H2,1H3,(H,24,25). The van der Waals surface area contributed by atoms with Crippen LogP contribution in [-0.4, -0.2) is 29.7 Å². The van der Waals surface area contributed by atoms with Crippen molar-refractivity contribution in [3.8, 4) is 0 Å². The number of hydrogen-bond acceptors (Lipinski definition) is 4. The minimum absolute atomic E-state index is 0.000253. The monoisotopic (exact) mass is 335 g/mol. The van der Waals surface area contributed by atoms with Crippen molar-refractivity contribution in [2.24, 2.45) is 0 Å². The topological polar surface area (TPSA) is 83.5 Å². The van der Waals surface area contributed by atoms with Crippen molar-refractivity contribution in [3.63, 3.8) is 0 Å². The zero-order chi connectivity index (χ0) is 18.0. The van der Waals surface area contributed by atoms with Crippen LogP contribution in [0, 0.1) is 0 Å². The lowest BCUT2D eigenvalue weighted by Crippen LogP contribution is -2.21. The summed E-state index contributed by atoms with van der Waals surface area (Å²) in [6.07, 6.45) is 1.81. The number of aromatic carboxylic acids is 1. The predicted molar refractivity (Wildman–Crippen MR) is 94.8 cm³/mol. The summed E-state index contributed by atoms with van der Waals surface area (Å²) >= 11 is 0. The van der Waals surface area contributed by atoms with Crippen molar-refractivity contribution in [2.75, 3.05) is 12.4 Å². The molecule has 1 aliphatic rings. The first-order valence-corrected chi connectivity index (χ1v) is 7.89. The summed E-state index contributed by atoms with van der Waals surface area (Å²) in [5.74, 6) is -1.56. The highest BCUT2D eigenvalue weighted by molar-refractivity contribution is 6.25. The summed E-state index contributed by atoms with van der Waals surface area (Å²) in [4.78, 5) is 36.0. The lowest BCUT2D eigenvalue weighted by molar-refractivity contribution is -0.120. The first kappa shape index (κ1) is 16.6. The number of fused-ring (bicyclic) bond motifs is 1. The lowest BCUT2D eigenvalue weighted by atomic mass is 9.86. The highest BCUT2D eigenvalue weighted by Crippen LogP contribution is 2.28. The lowest BCUT2D eigenvalue weighted by Gasteiger charge is -2.18. The van der Waals surface area contributed by atoms with Gasteiger partial charge in [0.25, 0.3) is 0 Å². The van der Waals surface area contributed by atoms with Crippen LogP contribution in [0.4, 0.5) is 5.69 Å². The Bertz CT molecular complexity index is 912. The van der Waals surface area contributed by atoms with Gasteiger partial charge in [-0.15, -0.1) is 0 Å². The van der Waals surface area contributed by atoms with Gasteiger partial charge in [0.1, 0.15) is 0 Å². The van der Waals surface area contributed by atoms with E-state index in [1.54, 1.807) is 25.3 Å². The fraction of sp³-hybridized carbons (Fsp3) is 0.150. The Hall–Kier alpha value is -3.21. The number of anilines is 1. The maximum Gasteiger partial charge on any atom is 0.335 e. The van der Waals surface area contributed by atoms with Gasteiger partial charge in [0.05, 0.1) is 11.1 Å². The number of rotatable bonds is 5. The third-order valence-corrected chi connectivity index (χ3v) is 4.26. The molecule has 25 heavy (non-hydrogen) atoms. The molecule has 0 bridgehead atoms. The first-order chi connectivity index (χ1) is 12.0. The Balaban J connectivity index is 1.89. The van der Waals surface area contributed by atoms with Crippen LogP contribution in [0.1, 0.15) is 27.0 Å². The molecule has 1 aliphatic carbocycles. The molecule has 0 amide bonds. The molecule has 0 fully saturated rings. The summed E-state index contributed by atoms with van der Waals surface area (Å²) in [5, 5.41) is 12.1. The van der Waals surface area contributed by atoms with E-state index >= 15 is 0 Å². The molecule has 3 rings (SSSR count). The van der Waals surface area contributed by atoms with Gasteiger partial charge >= 0.3 is 5.97 Å². The molecule has 0 unspecified atom stereocenters. The van der Waals surface area contributed by atoms with Crippen molar-refractivity contribution in [1.29, 1.82) is 0 Å². The number of hydrogen-bond donors (Lipinski definition) is 2. The maximum absolute atomic E-state index is 12.6. The summed E-state index contributed by atoms with van der Waals surface area (Å²) in [6, 6.07) is 11.8. The number of ketones is 2. The van der Waals surface area contributed by atoms with Gasteiger partial charge < -0.3 is 10.4 Å². The average Bonchev–Trinajstić information content (AvgIpc) is 2.60. The fourth-order valence-corrected chi connectivity index (χ4v) is 2.99. The van der Waals surface area contributed by atoms with Crippen LogP contribution in [0.5, 0.6) is 0 Å². The predicted octanol–water partition coefficient (Wildman–Crippen LogP) is 2.75. The zero-order valence-electron chi connectivity index (χ0n) is 13.7. The molecule has 0 saturated heterocycles. The normalized spacial score (nSPS) is 13.0. The first-order valence-electron chi connectivity index (χ1n) is 7.89. The maximum atomic E-state index is 12.6. The molecule has 0 aromatic heterocycles. The Morgan fingerprint density at radius 3 is 2.64 bits per heavy atom. The van der Waals surface area contributed by atoms with Crippen molar-refractivity contribution in [2.45, 2.75) is 12.8 Å². The quantitative estimate of drug-likeness (QED) is 0.821. The van der Waals surface area contributed by atoms with Gasteiger partial charge in [-0.1, -0.05) is 24.3 Å². The Morgan fingerprint density at radius 1 is 1.16 bits per heavy atom. The van der Waals surface area contributed by atoms with E-state index in [0.29, 0.717) is 5.56 Å². The SMILES string of the molecule is CNc1cccc2c1CC(=O)C(C(=O)Cc1cccc(C(=O)O)c1)=C2. The van der Waals surface area contributed by atoms with Gasteiger partial charge in [-0.3, -0.25) is 9.59 Å². The Morgan fingerprint density at radius 2 is 1.92 bits per heavy atom. The minimum atomic E-state index is -1.05. The number of carbonyl (C=O) groups is 3. The number of carbonyl (C=O) groups excluding carboxylic acids is 2. The third-order valence-electron chi connectivity index (χ3n) is 4.26. The molecule has 2 N–H and O–H groups in total. The average molecular weight is 335 g/mol. The van der Waals surface area contributed by atoms with Gasteiger partial charge in [0.15, 0.2) is 11.6 Å². The van der Waals surface area contributed by atoms with Crippen LogP contribution >= 0.6 is 0 Å². The summed E-state index contributed by atoms with van der Waals surface area (Å²) in [5.41, 5.74) is 3.49. The van der Waals surface area contributed by atoms with E-state index in [-0.39, 0.29) is 35.5 Å². The highest BCUT2D eigenvalue weighted by atomic mass is 16.4. The Labute approximate surface area is 145 Å². The van der Waals surface area contributed by atoms with E-state index in [9.17, 15) is 14.4 Å². The third kappa shape index (κ3) is 3.35. The van der Waals surface area contributed by atoms with Crippen molar-refractivity contribution in [1.82, 2.24) is 0 Å². The summed E-state index contributed by atoms with van der Waals surface area (Å²) < 4.78 is 0. The Kier molecular flexibility index (Phi) is 4.48. The summed E-state index contributed by atoms with van der Waals surface area (Å²) in [7, 11) is 1.79. The number of allylic oxidation sites excluding steroid dienone is 1. The second-order valence-corrected chi connectivity index (χ2v) is 5.89. The van der Waals surface area contributed by atoms with Crippen molar-refractivity contribution >= 4 is 29.3 Å². The van der Waals surface area contributed by atoms with Gasteiger partial charge in [-0.25, -0.2) is 4.79 Å². The van der Waals surface area contributed by atoms with Gasteiger partial charge in [0, 0.05) is 25.6 Å². The van der Waals surface area contributed by atoms with Gasteiger partial charge in [0.2, 0.25) is 0 Å². The molecule has 0 aliphatic heterocycles. The van der Waals surface area contributed by atoms with Crippen LogP contribution in [-0.2, 0) is 22.4 Å². The second kappa shape index (κ2) is 6.73. The zero-order valence-corrected chi connectivity index (χ0v) is 13.7. The number of carboxylic acids is 1. The number of benzene rings is 2. The van der Waals surface area contributed by atoms with Crippen LogP contribution < -0.4 is 5.32 Å². The fourth-order valence-electron chi connectivity index (χ4n) is 2.99. The van der Waals surface area contributed by atoms with E-state index in [2.05, 4.69) is 5.32 Å². The number of Topliss-reactive ketones (excluding diaryl/α,β-unsaturated/α-hetero) is 2. The molecular weight excluding hydrogens is 318 g/mol. The molecule has 0 atom stereocenters. The van der Waals surface area contributed by atoms with E-state index < -0.39 is 5.97 Å². The van der Waals surface area contributed by atoms with E-state index in [1.165, 1.54) is 12.1 Å². The number of nitrogens with one attached hydrogen (secondary N) is 1. The number of carboxylic acid groups (broad SMARTS) is 1. The molecule has 0 heterocycles. The van der Waals surface area contributed by atoms with Gasteiger partial charge in [-0.2, -0.15) is 0 Å². The molecule has 0 saturated carbocycles. The van der Waals surface area contributed by atoms with E-state index in [0.717, 1.165) is 16.8 Å². The smallest absolute Gasteiger partial charge is 0.335 e. The van der Waals surface area contributed by atoms with Crippen LogP contribution in [0.15, 0.2) is 48.0 Å². The van der Waals surface area contributed by atoms with E-state index in [4.69, 9.17) is 5.11 Å². The summed E-state index contributed by atoms with van der Waals surface area (Å²) in [6.45, 7) is 0. The van der Waals surface area contributed by atoms with Crippen molar-refractivity contribution in [3.05, 3.63) is 70.3 Å². The minimum Gasteiger partial charge on any atom is -0.478 e.